The third-order valence-electron chi connectivity index (χ3n) is 3.25. The minimum absolute atomic E-state index is 0.0912. The molecule has 3 nitrogen and oxygen atoms in total. The Morgan fingerprint density at radius 2 is 1.90 bits per heavy atom. The number of nitrogens with two attached hydrogens (primary N) is 1. The van der Waals surface area contributed by atoms with Crippen molar-refractivity contribution in [2.75, 3.05) is 11.9 Å². The first-order chi connectivity index (χ1) is 9.81. The number of halogens is 3. The molecule has 1 heterocycles. The number of alkyl halides is 3. The number of anilines is 1. The zero-order valence-electron chi connectivity index (χ0n) is 11.9. The van der Waals surface area contributed by atoms with Crippen molar-refractivity contribution in [2.24, 2.45) is 5.73 Å². The van der Waals surface area contributed by atoms with Gasteiger partial charge in [-0.1, -0.05) is 6.07 Å². The van der Waals surface area contributed by atoms with Crippen molar-refractivity contribution in [3.63, 3.8) is 0 Å². The molecule has 0 radical (unpaired) electrons. The molecule has 0 aliphatic carbocycles. The molecule has 2 aromatic rings. The van der Waals surface area contributed by atoms with Crippen LogP contribution in [-0.2, 0) is 19.3 Å². The summed E-state index contributed by atoms with van der Waals surface area (Å²) in [6.45, 7) is 2.07. The number of furan rings is 1. The number of hydrogen-bond donors (Lipinski definition) is 1. The van der Waals surface area contributed by atoms with E-state index < -0.39 is 11.7 Å². The quantitative estimate of drug-likeness (QED) is 0.936. The van der Waals surface area contributed by atoms with Crippen LogP contribution in [0.1, 0.15) is 22.6 Å². The minimum Gasteiger partial charge on any atom is -0.464 e. The Morgan fingerprint density at radius 1 is 1.19 bits per heavy atom. The van der Waals surface area contributed by atoms with Crippen LogP contribution in [0.2, 0.25) is 0 Å². The molecule has 114 valence electrons. The second-order valence-corrected chi connectivity index (χ2v) is 4.91. The summed E-state index contributed by atoms with van der Waals surface area (Å²) in [4.78, 5) is 1.70. The van der Waals surface area contributed by atoms with Crippen LogP contribution in [0, 0.1) is 6.92 Å². The molecule has 0 atom stereocenters. The van der Waals surface area contributed by atoms with Crippen molar-refractivity contribution < 1.29 is 17.6 Å². The van der Waals surface area contributed by atoms with E-state index in [0.717, 1.165) is 11.8 Å². The molecule has 0 aliphatic heterocycles. The fraction of sp³-hybridized carbons (Fsp3) is 0.333. The predicted octanol–water partition coefficient (Wildman–Crippen LogP) is 3.70. The van der Waals surface area contributed by atoms with Gasteiger partial charge in [0.05, 0.1) is 12.1 Å². The highest BCUT2D eigenvalue weighted by atomic mass is 19.4. The van der Waals surface area contributed by atoms with E-state index in [1.54, 1.807) is 18.0 Å². The van der Waals surface area contributed by atoms with Crippen LogP contribution < -0.4 is 10.6 Å². The molecule has 0 bridgehead atoms. The highest BCUT2D eigenvalue weighted by Crippen LogP contribution is 2.34. The molecule has 0 spiro atoms. The zero-order chi connectivity index (χ0) is 15.6. The number of rotatable bonds is 4. The largest absolute Gasteiger partial charge is 0.464 e. The monoisotopic (exact) mass is 298 g/mol. The van der Waals surface area contributed by atoms with Gasteiger partial charge in [-0.05, 0) is 36.8 Å². The maximum absolute atomic E-state index is 13.0. The molecular formula is C15H17F3N2O. The summed E-state index contributed by atoms with van der Waals surface area (Å²) in [6.07, 6.45) is -4.41. The van der Waals surface area contributed by atoms with Gasteiger partial charge in [-0.2, -0.15) is 13.2 Å². The Morgan fingerprint density at radius 3 is 2.43 bits per heavy atom. The summed E-state index contributed by atoms with van der Waals surface area (Å²) in [6, 6.07) is 7.81. The van der Waals surface area contributed by atoms with E-state index in [2.05, 4.69) is 0 Å². The Hall–Kier alpha value is -1.95. The van der Waals surface area contributed by atoms with Crippen molar-refractivity contribution >= 4 is 5.69 Å². The van der Waals surface area contributed by atoms with Gasteiger partial charge < -0.3 is 15.1 Å². The summed E-state index contributed by atoms with van der Waals surface area (Å²) >= 11 is 0. The second kappa shape index (κ2) is 5.81. The van der Waals surface area contributed by atoms with Crippen molar-refractivity contribution in [1.29, 1.82) is 0 Å². The third-order valence-corrected chi connectivity index (χ3v) is 3.25. The third kappa shape index (κ3) is 3.58. The van der Waals surface area contributed by atoms with Crippen LogP contribution in [-0.4, -0.2) is 7.05 Å². The normalized spacial score (nSPS) is 11.7. The Labute approximate surface area is 121 Å². The molecule has 0 aliphatic rings. The standard InChI is InChI=1S/C15H17F3N2O/c1-10-3-6-13(21-10)9-20(2)12-5-4-11(8-19)14(7-12)15(16,17)18/h3-7H,8-9,19H2,1-2H3. The van der Waals surface area contributed by atoms with Crippen molar-refractivity contribution in [2.45, 2.75) is 26.2 Å². The summed E-state index contributed by atoms with van der Waals surface area (Å²) in [5, 5.41) is 0. The average molecular weight is 298 g/mol. The first-order valence-electron chi connectivity index (χ1n) is 6.48. The first kappa shape index (κ1) is 15.4. The maximum Gasteiger partial charge on any atom is 0.416 e. The molecule has 0 fully saturated rings. The van der Waals surface area contributed by atoms with Gasteiger partial charge in [0.1, 0.15) is 11.5 Å². The number of hydrogen-bond acceptors (Lipinski definition) is 3. The maximum atomic E-state index is 13.0. The molecule has 2 rings (SSSR count). The lowest BCUT2D eigenvalue weighted by Gasteiger charge is -2.21. The smallest absolute Gasteiger partial charge is 0.416 e. The van der Waals surface area contributed by atoms with Crippen molar-refractivity contribution in [3.05, 3.63) is 53.0 Å². The molecule has 0 unspecified atom stereocenters. The molecule has 6 heteroatoms. The van der Waals surface area contributed by atoms with Gasteiger partial charge in [-0.15, -0.1) is 0 Å². The van der Waals surface area contributed by atoms with Gasteiger partial charge in [-0.3, -0.25) is 0 Å². The number of benzene rings is 1. The fourth-order valence-electron chi connectivity index (χ4n) is 2.14. The highest BCUT2D eigenvalue weighted by molar-refractivity contribution is 5.51. The van der Waals surface area contributed by atoms with Crippen LogP contribution in [0.3, 0.4) is 0 Å². The lowest BCUT2D eigenvalue weighted by molar-refractivity contribution is -0.138. The SMILES string of the molecule is Cc1ccc(CN(C)c2ccc(CN)c(C(F)(F)F)c2)o1. The molecular weight excluding hydrogens is 281 g/mol. The second-order valence-electron chi connectivity index (χ2n) is 4.91. The van der Waals surface area contributed by atoms with Gasteiger partial charge in [0.2, 0.25) is 0 Å². The number of nitrogens with zero attached hydrogens (tertiary/aromatic N) is 1. The molecule has 0 amide bonds. The van der Waals surface area contributed by atoms with E-state index in [0.29, 0.717) is 18.0 Å². The molecule has 0 saturated carbocycles. The molecule has 1 aromatic heterocycles. The van der Waals surface area contributed by atoms with Gasteiger partial charge >= 0.3 is 6.18 Å². The zero-order valence-corrected chi connectivity index (χ0v) is 11.9. The summed E-state index contributed by atoms with van der Waals surface area (Å²) in [7, 11) is 1.72. The van der Waals surface area contributed by atoms with Crippen LogP contribution in [0.5, 0.6) is 0 Å². The van der Waals surface area contributed by atoms with Gasteiger partial charge in [0, 0.05) is 19.3 Å². The van der Waals surface area contributed by atoms with Gasteiger partial charge in [0.15, 0.2) is 0 Å². The van der Waals surface area contributed by atoms with Crippen LogP contribution in [0.4, 0.5) is 18.9 Å². The van der Waals surface area contributed by atoms with Crippen molar-refractivity contribution in [3.8, 4) is 0 Å². The Kier molecular flexibility index (Phi) is 4.27. The van der Waals surface area contributed by atoms with Crippen LogP contribution in [0.25, 0.3) is 0 Å². The van der Waals surface area contributed by atoms with E-state index in [9.17, 15) is 13.2 Å². The summed E-state index contributed by atoms with van der Waals surface area (Å²) < 4.78 is 44.5. The van der Waals surface area contributed by atoms with Crippen molar-refractivity contribution in [1.82, 2.24) is 0 Å². The van der Waals surface area contributed by atoms with E-state index in [-0.39, 0.29) is 12.1 Å². The highest BCUT2D eigenvalue weighted by Gasteiger charge is 2.33. The average Bonchev–Trinajstić information content (AvgIpc) is 2.82. The molecule has 0 saturated heterocycles. The Balaban J connectivity index is 2.27. The van der Waals surface area contributed by atoms with Gasteiger partial charge in [0.25, 0.3) is 0 Å². The molecule has 2 N–H and O–H groups in total. The molecule has 1 aromatic carbocycles. The lowest BCUT2D eigenvalue weighted by Crippen LogP contribution is -2.18. The van der Waals surface area contributed by atoms with Gasteiger partial charge in [-0.25, -0.2) is 0 Å². The lowest BCUT2D eigenvalue weighted by atomic mass is 10.1. The predicted molar refractivity (Wildman–Crippen MR) is 74.9 cm³/mol. The molecule has 21 heavy (non-hydrogen) atoms. The first-order valence-corrected chi connectivity index (χ1v) is 6.48. The van der Waals surface area contributed by atoms with E-state index in [1.807, 2.05) is 19.1 Å². The summed E-state index contributed by atoms with van der Waals surface area (Å²) in [5.41, 5.74) is 5.24. The fourth-order valence-corrected chi connectivity index (χ4v) is 2.14. The summed E-state index contributed by atoms with van der Waals surface area (Å²) in [5.74, 6) is 1.47. The van der Waals surface area contributed by atoms with E-state index in [4.69, 9.17) is 10.2 Å². The van der Waals surface area contributed by atoms with E-state index >= 15 is 0 Å². The number of aryl methyl sites for hydroxylation is 1. The van der Waals surface area contributed by atoms with Crippen LogP contribution >= 0.6 is 0 Å². The Bertz CT molecular complexity index is 620. The van der Waals surface area contributed by atoms with Crippen LogP contribution in [0.15, 0.2) is 34.7 Å². The topological polar surface area (TPSA) is 42.4 Å². The minimum atomic E-state index is -4.41. The van der Waals surface area contributed by atoms with E-state index in [1.165, 1.54) is 6.07 Å².